The lowest BCUT2D eigenvalue weighted by atomic mass is 9.90. The van der Waals surface area contributed by atoms with Crippen LogP contribution >= 0.6 is 0 Å². The van der Waals surface area contributed by atoms with Gasteiger partial charge < -0.3 is 14.1 Å². The van der Waals surface area contributed by atoms with E-state index in [0.29, 0.717) is 19.0 Å². The van der Waals surface area contributed by atoms with Gasteiger partial charge in [0.2, 0.25) is 0 Å². The van der Waals surface area contributed by atoms with Crippen LogP contribution in [0.5, 0.6) is 0 Å². The Morgan fingerprint density at radius 3 is 2.77 bits per heavy atom. The third-order valence-electron chi connectivity index (χ3n) is 3.94. The van der Waals surface area contributed by atoms with E-state index in [1.165, 1.54) is 0 Å². The van der Waals surface area contributed by atoms with E-state index in [1.807, 2.05) is 39.2 Å². The highest BCUT2D eigenvalue weighted by molar-refractivity contribution is 5.76. The van der Waals surface area contributed by atoms with Crippen molar-refractivity contribution >= 4 is 17.2 Å². The fourth-order valence-corrected chi connectivity index (χ4v) is 2.87. The SMILES string of the molecule is CC(C)(C)OC(=O)N1CCC(c2coc3cccnc23)CC1. The summed E-state index contributed by atoms with van der Waals surface area (Å²) in [6.45, 7) is 7.08. The number of ether oxygens (including phenoxy) is 1. The van der Waals surface area contributed by atoms with Gasteiger partial charge in [0.25, 0.3) is 0 Å². The molecule has 5 nitrogen and oxygen atoms in total. The van der Waals surface area contributed by atoms with Crippen LogP contribution in [-0.4, -0.2) is 34.7 Å². The molecule has 22 heavy (non-hydrogen) atoms. The van der Waals surface area contributed by atoms with Gasteiger partial charge in [-0.2, -0.15) is 0 Å². The highest BCUT2D eigenvalue weighted by Crippen LogP contribution is 2.33. The predicted molar refractivity (Wildman–Crippen MR) is 83.8 cm³/mol. The van der Waals surface area contributed by atoms with Gasteiger partial charge in [-0.05, 0) is 51.7 Å². The molecule has 0 spiro atoms. The zero-order chi connectivity index (χ0) is 15.7. The molecule has 0 unspecified atom stereocenters. The van der Waals surface area contributed by atoms with E-state index in [9.17, 15) is 4.79 Å². The van der Waals surface area contributed by atoms with Gasteiger partial charge in [-0.25, -0.2) is 4.79 Å². The Morgan fingerprint density at radius 1 is 1.36 bits per heavy atom. The number of furan rings is 1. The number of piperidine rings is 1. The van der Waals surface area contributed by atoms with Gasteiger partial charge >= 0.3 is 6.09 Å². The first-order chi connectivity index (χ1) is 10.4. The molecule has 0 N–H and O–H groups in total. The highest BCUT2D eigenvalue weighted by atomic mass is 16.6. The molecule has 1 saturated heterocycles. The van der Waals surface area contributed by atoms with E-state index in [0.717, 1.165) is 29.5 Å². The van der Waals surface area contributed by atoms with Crippen LogP contribution < -0.4 is 0 Å². The van der Waals surface area contributed by atoms with E-state index in [1.54, 1.807) is 11.1 Å². The third-order valence-corrected chi connectivity index (χ3v) is 3.94. The summed E-state index contributed by atoms with van der Waals surface area (Å²) < 4.78 is 11.0. The third kappa shape index (κ3) is 3.08. The second-order valence-electron chi connectivity index (χ2n) is 6.78. The van der Waals surface area contributed by atoms with Crippen molar-refractivity contribution in [1.82, 2.24) is 9.88 Å². The summed E-state index contributed by atoms with van der Waals surface area (Å²) in [5.41, 5.74) is 2.48. The monoisotopic (exact) mass is 302 g/mol. The fourth-order valence-electron chi connectivity index (χ4n) is 2.87. The number of likely N-dealkylation sites (tertiary alicyclic amines) is 1. The molecular formula is C17H22N2O3. The average Bonchev–Trinajstić information content (AvgIpc) is 2.89. The van der Waals surface area contributed by atoms with Crippen molar-refractivity contribution in [1.29, 1.82) is 0 Å². The zero-order valence-corrected chi connectivity index (χ0v) is 13.3. The number of aromatic nitrogens is 1. The maximum Gasteiger partial charge on any atom is 0.410 e. The van der Waals surface area contributed by atoms with Crippen molar-refractivity contribution in [2.24, 2.45) is 0 Å². The summed E-state index contributed by atoms with van der Waals surface area (Å²) in [5.74, 6) is 0.384. The first-order valence-corrected chi connectivity index (χ1v) is 7.74. The number of nitrogens with zero attached hydrogens (tertiary/aromatic N) is 2. The fraction of sp³-hybridized carbons (Fsp3) is 0.529. The second kappa shape index (κ2) is 5.63. The second-order valence-corrected chi connectivity index (χ2v) is 6.78. The van der Waals surface area contributed by atoms with Gasteiger partial charge in [-0.15, -0.1) is 0 Å². The predicted octanol–water partition coefficient (Wildman–Crippen LogP) is 3.94. The molecule has 3 rings (SSSR count). The Morgan fingerprint density at radius 2 is 2.09 bits per heavy atom. The number of fused-ring (bicyclic) bond motifs is 1. The van der Waals surface area contributed by atoms with E-state index in [-0.39, 0.29) is 6.09 Å². The molecule has 2 aromatic heterocycles. The van der Waals surface area contributed by atoms with Crippen molar-refractivity contribution in [2.45, 2.75) is 45.1 Å². The molecule has 1 aliphatic rings. The Labute approximate surface area is 130 Å². The molecule has 0 saturated carbocycles. The maximum absolute atomic E-state index is 12.1. The molecule has 1 amide bonds. The summed E-state index contributed by atoms with van der Waals surface area (Å²) in [5, 5.41) is 0. The van der Waals surface area contributed by atoms with Crippen molar-refractivity contribution in [3.8, 4) is 0 Å². The number of carbonyl (C=O) groups is 1. The lowest BCUT2D eigenvalue weighted by molar-refractivity contribution is 0.0205. The minimum Gasteiger partial charge on any atom is -0.462 e. The minimum absolute atomic E-state index is 0.221. The van der Waals surface area contributed by atoms with Crippen LogP contribution in [0.3, 0.4) is 0 Å². The van der Waals surface area contributed by atoms with Crippen LogP contribution in [0, 0.1) is 0 Å². The van der Waals surface area contributed by atoms with Crippen LogP contribution in [0.25, 0.3) is 11.1 Å². The van der Waals surface area contributed by atoms with Gasteiger partial charge in [-0.3, -0.25) is 4.98 Å². The van der Waals surface area contributed by atoms with Crippen LogP contribution in [0.15, 0.2) is 29.0 Å². The van der Waals surface area contributed by atoms with E-state index >= 15 is 0 Å². The number of rotatable bonds is 1. The number of hydrogen-bond donors (Lipinski definition) is 0. The lowest BCUT2D eigenvalue weighted by Crippen LogP contribution is -2.41. The first kappa shape index (κ1) is 14.9. The quantitative estimate of drug-likeness (QED) is 0.800. The van der Waals surface area contributed by atoms with E-state index < -0.39 is 5.60 Å². The molecular weight excluding hydrogens is 280 g/mol. The van der Waals surface area contributed by atoms with Gasteiger partial charge in [0.05, 0.1) is 6.26 Å². The number of amides is 1. The summed E-state index contributed by atoms with van der Waals surface area (Å²) in [4.78, 5) is 18.3. The molecule has 0 bridgehead atoms. The Kier molecular flexibility index (Phi) is 3.81. The van der Waals surface area contributed by atoms with Crippen LogP contribution in [0.2, 0.25) is 0 Å². The largest absolute Gasteiger partial charge is 0.462 e. The standard InChI is InChI=1S/C17H22N2O3/c1-17(2,3)22-16(20)19-9-6-12(7-10-19)13-11-21-14-5-4-8-18-15(13)14/h4-5,8,11-12H,6-7,9-10H2,1-3H3. The van der Waals surface area contributed by atoms with Crippen LogP contribution in [0.4, 0.5) is 4.79 Å². The molecule has 0 radical (unpaired) electrons. The maximum atomic E-state index is 12.1. The van der Waals surface area contributed by atoms with Crippen LogP contribution in [0.1, 0.15) is 45.1 Å². The number of carbonyl (C=O) groups excluding carboxylic acids is 1. The van der Waals surface area contributed by atoms with E-state index in [2.05, 4.69) is 4.98 Å². The van der Waals surface area contributed by atoms with Crippen molar-refractivity contribution < 1.29 is 13.9 Å². The minimum atomic E-state index is -0.446. The summed E-state index contributed by atoms with van der Waals surface area (Å²) in [7, 11) is 0. The molecule has 1 fully saturated rings. The average molecular weight is 302 g/mol. The summed E-state index contributed by atoms with van der Waals surface area (Å²) in [6, 6.07) is 3.81. The number of hydrogen-bond acceptors (Lipinski definition) is 4. The van der Waals surface area contributed by atoms with Gasteiger partial charge in [0.15, 0.2) is 5.58 Å². The molecule has 1 aliphatic heterocycles. The molecule has 3 heterocycles. The summed E-state index contributed by atoms with van der Waals surface area (Å²) in [6.07, 6.45) is 5.19. The van der Waals surface area contributed by atoms with Crippen molar-refractivity contribution in [3.05, 3.63) is 30.2 Å². The van der Waals surface area contributed by atoms with E-state index in [4.69, 9.17) is 9.15 Å². The first-order valence-electron chi connectivity index (χ1n) is 7.74. The smallest absolute Gasteiger partial charge is 0.410 e. The molecule has 5 heteroatoms. The topological polar surface area (TPSA) is 55.6 Å². The lowest BCUT2D eigenvalue weighted by Gasteiger charge is -2.33. The Hall–Kier alpha value is -2.04. The Bertz CT molecular complexity index is 664. The van der Waals surface area contributed by atoms with Gasteiger partial charge in [0.1, 0.15) is 11.1 Å². The molecule has 0 aromatic carbocycles. The molecule has 2 aromatic rings. The van der Waals surface area contributed by atoms with Crippen LogP contribution in [-0.2, 0) is 4.74 Å². The normalized spacial score (nSPS) is 17.0. The molecule has 0 aliphatic carbocycles. The molecule has 118 valence electrons. The molecule has 0 atom stereocenters. The van der Waals surface area contributed by atoms with Gasteiger partial charge in [-0.1, -0.05) is 0 Å². The Balaban J connectivity index is 1.66. The van der Waals surface area contributed by atoms with Gasteiger partial charge in [0, 0.05) is 24.8 Å². The van der Waals surface area contributed by atoms with Crippen molar-refractivity contribution in [2.75, 3.05) is 13.1 Å². The zero-order valence-electron chi connectivity index (χ0n) is 13.3. The van der Waals surface area contributed by atoms with Crippen molar-refractivity contribution in [3.63, 3.8) is 0 Å². The highest BCUT2D eigenvalue weighted by Gasteiger charge is 2.29. The number of pyridine rings is 1. The summed E-state index contributed by atoms with van der Waals surface area (Å²) >= 11 is 0.